The average molecular weight is 256 g/mol. The molecule has 1 atom stereocenters. The third-order valence-corrected chi connectivity index (χ3v) is 3.88. The zero-order valence-electron chi connectivity index (χ0n) is 11.4. The second-order valence-electron chi connectivity index (χ2n) is 5.13. The van der Waals surface area contributed by atoms with Crippen LogP contribution < -0.4 is 4.74 Å². The van der Waals surface area contributed by atoms with Crippen LogP contribution in [0.4, 0.5) is 0 Å². The Morgan fingerprint density at radius 1 is 1.37 bits per heavy atom. The molecular formula is C16H20N2O. The standard InChI is InChI=1S/C16H20N2O/c1-2-18-11-15(10-17-18)19-12-14-8-5-7-13-6-3-4-9-16(13)14/h3-4,6,9-11,14H,2,5,7-8,12H2,1H3. The molecule has 1 unspecified atom stereocenters. The van der Waals surface area contributed by atoms with Crippen molar-refractivity contribution in [3.05, 3.63) is 47.8 Å². The predicted octanol–water partition coefficient (Wildman–Crippen LogP) is 3.40. The number of hydrogen-bond donors (Lipinski definition) is 0. The van der Waals surface area contributed by atoms with Crippen LogP contribution in [0.2, 0.25) is 0 Å². The Bertz CT molecular complexity index is 547. The minimum Gasteiger partial charge on any atom is -0.490 e. The first-order valence-corrected chi connectivity index (χ1v) is 7.10. The van der Waals surface area contributed by atoms with Crippen LogP contribution in [0.5, 0.6) is 5.75 Å². The van der Waals surface area contributed by atoms with Gasteiger partial charge in [0.2, 0.25) is 0 Å². The largest absolute Gasteiger partial charge is 0.490 e. The van der Waals surface area contributed by atoms with E-state index in [1.54, 1.807) is 6.20 Å². The summed E-state index contributed by atoms with van der Waals surface area (Å²) in [7, 11) is 0. The van der Waals surface area contributed by atoms with Gasteiger partial charge < -0.3 is 4.74 Å². The maximum atomic E-state index is 5.90. The van der Waals surface area contributed by atoms with Gasteiger partial charge in [0, 0.05) is 12.5 Å². The van der Waals surface area contributed by atoms with E-state index in [2.05, 4.69) is 36.3 Å². The molecule has 0 radical (unpaired) electrons. The SMILES string of the molecule is CCn1cc(OCC2CCCc3ccccc32)cn1. The number of aromatic nitrogens is 2. The van der Waals surface area contributed by atoms with E-state index in [1.165, 1.54) is 30.4 Å². The zero-order valence-corrected chi connectivity index (χ0v) is 11.4. The van der Waals surface area contributed by atoms with E-state index in [0.717, 1.165) is 18.9 Å². The molecule has 2 aromatic rings. The Hall–Kier alpha value is -1.77. The highest BCUT2D eigenvalue weighted by molar-refractivity contribution is 5.32. The molecule has 1 aliphatic carbocycles. The summed E-state index contributed by atoms with van der Waals surface area (Å²) in [6.45, 7) is 3.72. The molecule has 0 saturated carbocycles. The molecule has 0 aliphatic heterocycles. The van der Waals surface area contributed by atoms with Crippen molar-refractivity contribution in [2.24, 2.45) is 0 Å². The fourth-order valence-electron chi connectivity index (χ4n) is 2.82. The van der Waals surface area contributed by atoms with Gasteiger partial charge in [-0.1, -0.05) is 24.3 Å². The molecule has 3 nitrogen and oxygen atoms in total. The number of rotatable bonds is 4. The lowest BCUT2D eigenvalue weighted by molar-refractivity contribution is 0.274. The van der Waals surface area contributed by atoms with Crippen molar-refractivity contribution in [3.63, 3.8) is 0 Å². The van der Waals surface area contributed by atoms with Crippen LogP contribution in [0.1, 0.15) is 36.8 Å². The molecule has 100 valence electrons. The normalized spacial score (nSPS) is 18.1. The summed E-state index contributed by atoms with van der Waals surface area (Å²) in [4.78, 5) is 0. The summed E-state index contributed by atoms with van der Waals surface area (Å²) in [6.07, 6.45) is 7.46. The minimum absolute atomic E-state index is 0.523. The van der Waals surface area contributed by atoms with Crippen LogP contribution in [0.15, 0.2) is 36.7 Å². The molecule has 0 amide bonds. The highest BCUT2D eigenvalue weighted by atomic mass is 16.5. The van der Waals surface area contributed by atoms with Gasteiger partial charge >= 0.3 is 0 Å². The topological polar surface area (TPSA) is 27.1 Å². The summed E-state index contributed by atoms with van der Waals surface area (Å²) < 4.78 is 7.79. The van der Waals surface area contributed by atoms with Gasteiger partial charge in [0.05, 0.1) is 19.0 Å². The molecule has 0 spiro atoms. The highest BCUT2D eigenvalue weighted by Gasteiger charge is 2.20. The second-order valence-corrected chi connectivity index (χ2v) is 5.13. The second kappa shape index (κ2) is 5.47. The number of benzene rings is 1. The third kappa shape index (κ3) is 2.65. The summed E-state index contributed by atoms with van der Waals surface area (Å²) >= 11 is 0. The smallest absolute Gasteiger partial charge is 0.157 e. The molecule has 3 rings (SSSR count). The van der Waals surface area contributed by atoms with E-state index in [9.17, 15) is 0 Å². The van der Waals surface area contributed by atoms with Crippen LogP contribution in [0, 0.1) is 0 Å². The Morgan fingerprint density at radius 2 is 2.26 bits per heavy atom. The monoisotopic (exact) mass is 256 g/mol. The van der Waals surface area contributed by atoms with Crippen LogP contribution in [-0.2, 0) is 13.0 Å². The quantitative estimate of drug-likeness (QED) is 0.838. The lowest BCUT2D eigenvalue weighted by Gasteiger charge is -2.25. The Balaban J connectivity index is 1.68. The van der Waals surface area contributed by atoms with E-state index in [4.69, 9.17) is 4.74 Å². The van der Waals surface area contributed by atoms with Crippen molar-refractivity contribution in [2.75, 3.05) is 6.61 Å². The lowest BCUT2D eigenvalue weighted by atomic mass is 9.83. The van der Waals surface area contributed by atoms with Crippen LogP contribution in [-0.4, -0.2) is 16.4 Å². The van der Waals surface area contributed by atoms with E-state index in [0.29, 0.717) is 5.92 Å². The fourth-order valence-corrected chi connectivity index (χ4v) is 2.82. The summed E-state index contributed by atoms with van der Waals surface area (Å²) in [5.74, 6) is 1.40. The van der Waals surface area contributed by atoms with E-state index >= 15 is 0 Å². The Kier molecular flexibility index (Phi) is 3.53. The van der Waals surface area contributed by atoms with Crippen LogP contribution in [0.3, 0.4) is 0 Å². The molecule has 19 heavy (non-hydrogen) atoms. The number of nitrogens with zero attached hydrogens (tertiary/aromatic N) is 2. The molecule has 1 aliphatic rings. The molecule has 0 N–H and O–H groups in total. The third-order valence-electron chi connectivity index (χ3n) is 3.88. The van der Waals surface area contributed by atoms with Gasteiger partial charge in [-0.15, -0.1) is 0 Å². The Labute approximate surface area is 114 Å². The van der Waals surface area contributed by atoms with E-state index in [-0.39, 0.29) is 0 Å². The molecule has 0 bridgehead atoms. The first-order valence-electron chi connectivity index (χ1n) is 7.10. The molecular weight excluding hydrogens is 236 g/mol. The van der Waals surface area contributed by atoms with Crippen molar-refractivity contribution in [1.82, 2.24) is 9.78 Å². The van der Waals surface area contributed by atoms with E-state index < -0.39 is 0 Å². The molecule has 1 heterocycles. The van der Waals surface area contributed by atoms with Crippen LogP contribution in [0.25, 0.3) is 0 Å². The highest BCUT2D eigenvalue weighted by Crippen LogP contribution is 2.31. The molecule has 1 aromatic carbocycles. The van der Waals surface area contributed by atoms with Crippen molar-refractivity contribution < 1.29 is 4.74 Å². The van der Waals surface area contributed by atoms with Gasteiger partial charge in [-0.2, -0.15) is 5.10 Å². The lowest BCUT2D eigenvalue weighted by Crippen LogP contribution is -2.16. The Morgan fingerprint density at radius 3 is 3.11 bits per heavy atom. The van der Waals surface area contributed by atoms with Gasteiger partial charge in [0.1, 0.15) is 0 Å². The maximum Gasteiger partial charge on any atom is 0.157 e. The maximum absolute atomic E-state index is 5.90. The fraction of sp³-hybridized carbons (Fsp3) is 0.438. The summed E-state index contributed by atoms with van der Waals surface area (Å²) in [5.41, 5.74) is 2.96. The van der Waals surface area contributed by atoms with Gasteiger partial charge in [-0.05, 0) is 37.3 Å². The number of aryl methyl sites for hydroxylation is 2. The molecule has 3 heteroatoms. The van der Waals surface area contributed by atoms with Gasteiger partial charge in [0.25, 0.3) is 0 Å². The van der Waals surface area contributed by atoms with Gasteiger partial charge in [-0.25, -0.2) is 0 Å². The first kappa shape index (κ1) is 12.3. The summed E-state index contributed by atoms with van der Waals surface area (Å²) in [5, 5.41) is 4.23. The van der Waals surface area contributed by atoms with Gasteiger partial charge in [0.15, 0.2) is 5.75 Å². The van der Waals surface area contributed by atoms with Gasteiger partial charge in [-0.3, -0.25) is 4.68 Å². The zero-order chi connectivity index (χ0) is 13.1. The van der Waals surface area contributed by atoms with E-state index in [1.807, 2.05) is 10.9 Å². The molecule has 0 saturated heterocycles. The first-order chi connectivity index (χ1) is 9.36. The average Bonchev–Trinajstić information content (AvgIpc) is 2.93. The number of ether oxygens (including phenoxy) is 1. The molecule has 0 fully saturated rings. The summed E-state index contributed by atoms with van der Waals surface area (Å²) in [6, 6.07) is 8.76. The minimum atomic E-state index is 0.523. The number of hydrogen-bond acceptors (Lipinski definition) is 2. The van der Waals surface area contributed by atoms with Crippen molar-refractivity contribution in [2.45, 2.75) is 38.6 Å². The van der Waals surface area contributed by atoms with Crippen molar-refractivity contribution in [3.8, 4) is 5.75 Å². The predicted molar refractivity (Wildman–Crippen MR) is 75.5 cm³/mol. The van der Waals surface area contributed by atoms with Crippen molar-refractivity contribution in [1.29, 1.82) is 0 Å². The van der Waals surface area contributed by atoms with Crippen LogP contribution >= 0.6 is 0 Å². The molecule has 1 aromatic heterocycles. The van der Waals surface area contributed by atoms with Crippen molar-refractivity contribution >= 4 is 0 Å². The number of fused-ring (bicyclic) bond motifs is 1.